The number of hydrogen-bond acceptors (Lipinski definition) is 2. The highest BCUT2D eigenvalue weighted by molar-refractivity contribution is 5.84. The topological polar surface area (TPSA) is 32.3 Å². The Morgan fingerprint density at radius 2 is 1.88 bits per heavy atom. The van der Waals surface area contributed by atoms with Crippen molar-refractivity contribution in [3.05, 3.63) is 0 Å². The predicted molar refractivity (Wildman–Crippen MR) is 45.0 cm³/mol. The number of carbonyl (C=O) groups excluding carboxylic acids is 1. The van der Waals surface area contributed by atoms with Crippen LogP contribution in [0.3, 0.4) is 0 Å². The van der Waals surface area contributed by atoms with E-state index in [4.69, 9.17) is 0 Å². The molecule has 1 heterocycles. The van der Waals surface area contributed by atoms with E-state index in [0.717, 1.165) is 0 Å². The van der Waals surface area contributed by atoms with Crippen molar-refractivity contribution in [2.45, 2.75) is 25.1 Å². The number of amides is 1. The Labute approximate surface area is 88.6 Å². The molecule has 0 spiro atoms. The fourth-order valence-electron chi connectivity index (χ4n) is 1.44. The molecule has 1 aliphatic heterocycles. The summed E-state index contributed by atoms with van der Waals surface area (Å²) in [4.78, 5) is 11.7. The van der Waals surface area contributed by atoms with Gasteiger partial charge in [-0.3, -0.25) is 4.79 Å². The zero-order valence-corrected chi connectivity index (χ0v) is 8.44. The second-order valence-corrected chi connectivity index (χ2v) is 3.62. The van der Waals surface area contributed by atoms with Crippen molar-refractivity contribution in [2.24, 2.45) is 0 Å². The third kappa shape index (κ3) is 2.26. The van der Waals surface area contributed by atoms with Gasteiger partial charge >= 0.3 is 18.0 Å². The van der Waals surface area contributed by atoms with Gasteiger partial charge in [0, 0.05) is 25.7 Å². The van der Waals surface area contributed by atoms with Gasteiger partial charge in [0.25, 0.3) is 0 Å². The van der Waals surface area contributed by atoms with E-state index in [2.05, 4.69) is 5.32 Å². The molecule has 0 aliphatic carbocycles. The molecule has 0 bridgehead atoms. The molecule has 1 amide bonds. The summed E-state index contributed by atoms with van der Waals surface area (Å²) in [5, 5.41) is 2.79. The Bertz CT molecular complexity index is 278. The van der Waals surface area contributed by atoms with E-state index in [-0.39, 0.29) is 19.6 Å². The lowest BCUT2D eigenvalue weighted by atomic mass is 10.1. The molecule has 0 saturated carbocycles. The first-order chi connectivity index (χ1) is 7.18. The highest BCUT2D eigenvalue weighted by atomic mass is 19.4. The van der Waals surface area contributed by atoms with E-state index in [1.807, 2.05) is 0 Å². The van der Waals surface area contributed by atoms with Crippen LogP contribution in [0.5, 0.6) is 0 Å². The molecular weight excluding hydrogens is 235 g/mol. The Kier molecular flexibility index (Phi) is 3.41. The normalized spacial score (nSPS) is 23.4. The molecule has 1 fully saturated rings. The van der Waals surface area contributed by atoms with Gasteiger partial charge in [0.15, 0.2) is 0 Å². The Hall–Kier alpha value is -0.920. The summed E-state index contributed by atoms with van der Waals surface area (Å²) < 4.78 is 61.3. The molecule has 0 radical (unpaired) electrons. The van der Waals surface area contributed by atoms with Crippen LogP contribution < -0.4 is 5.32 Å². The maximum absolute atomic E-state index is 12.7. The number of piperazine rings is 1. The van der Waals surface area contributed by atoms with Crippen molar-refractivity contribution < 1.29 is 26.7 Å². The third-order valence-electron chi connectivity index (χ3n) is 2.39. The SMILES string of the molecule is CC1CNCCN1C(=O)C(F)(F)C(F)(F)F. The smallest absolute Gasteiger partial charge is 0.332 e. The van der Waals surface area contributed by atoms with Crippen LogP contribution in [-0.2, 0) is 4.79 Å². The third-order valence-corrected chi connectivity index (χ3v) is 2.39. The quantitative estimate of drug-likeness (QED) is 0.700. The second kappa shape index (κ2) is 4.15. The molecule has 0 aromatic rings. The van der Waals surface area contributed by atoms with Crippen molar-refractivity contribution in [3.8, 4) is 0 Å². The minimum atomic E-state index is -5.84. The second-order valence-electron chi connectivity index (χ2n) is 3.62. The zero-order chi connectivity index (χ0) is 12.6. The van der Waals surface area contributed by atoms with Gasteiger partial charge in [0.2, 0.25) is 0 Å². The molecule has 94 valence electrons. The standard InChI is InChI=1S/C8H11F5N2O/c1-5-4-14-2-3-15(5)6(16)7(9,10)8(11,12)13/h5,14H,2-4H2,1H3. The largest absolute Gasteiger partial charge is 0.463 e. The van der Waals surface area contributed by atoms with Gasteiger partial charge in [-0.2, -0.15) is 22.0 Å². The molecule has 0 aromatic heterocycles. The first-order valence-corrected chi connectivity index (χ1v) is 4.64. The van der Waals surface area contributed by atoms with Gasteiger partial charge in [-0.15, -0.1) is 0 Å². The molecule has 16 heavy (non-hydrogen) atoms. The summed E-state index contributed by atoms with van der Waals surface area (Å²) in [6.45, 7) is 1.69. The summed E-state index contributed by atoms with van der Waals surface area (Å²) in [7, 11) is 0. The van der Waals surface area contributed by atoms with Crippen LogP contribution in [0, 0.1) is 0 Å². The number of carbonyl (C=O) groups is 1. The van der Waals surface area contributed by atoms with Crippen LogP contribution in [0.2, 0.25) is 0 Å². The van der Waals surface area contributed by atoms with Gasteiger partial charge in [0.05, 0.1) is 0 Å². The van der Waals surface area contributed by atoms with Crippen molar-refractivity contribution >= 4 is 5.91 Å². The zero-order valence-electron chi connectivity index (χ0n) is 8.44. The van der Waals surface area contributed by atoms with E-state index in [1.165, 1.54) is 6.92 Å². The summed E-state index contributed by atoms with van der Waals surface area (Å²) in [5.74, 6) is -7.48. The maximum atomic E-state index is 12.7. The van der Waals surface area contributed by atoms with E-state index in [9.17, 15) is 26.7 Å². The highest BCUT2D eigenvalue weighted by Gasteiger charge is 2.65. The van der Waals surface area contributed by atoms with Crippen LogP contribution in [-0.4, -0.2) is 48.6 Å². The van der Waals surface area contributed by atoms with Crippen molar-refractivity contribution in [1.29, 1.82) is 0 Å². The monoisotopic (exact) mass is 246 g/mol. The molecule has 3 nitrogen and oxygen atoms in total. The van der Waals surface area contributed by atoms with Crippen LogP contribution in [0.1, 0.15) is 6.92 Å². The van der Waals surface area contributed by atoms with Crippen LogP contribution >= 0.6 is 0 Å². The fourth-order valence-corrected chi connectivity index (χ4v) is 1.44. The lowest BCUT2D eigenvalue weighted by Gasteiger charge is -2.36. The molecule has 0 aromatic carbocycles. The molecule has 8 heteroatoms. The first-order valence-electron chi connectivity index (χ1n) is 4.64. The lowest BCUT2D eigenvalue weighted by molar-refractivity contribution is -0.275. The van der Waals surface area contributed by atoms with Crippen LogP contribution in [0.4, 0.5) is 22.0 Å². The lowest BCUT2D eigenvalue weighted by Crippen LogP contribution is -2.59. The molecular formula is C8H11F5N2O. The predicted octanol–water partition coefficient (Wildman–Crippen LogP) is 1.00. The van der Waals surface area contributed by atoms with E-state index in [0.29, 0.717) is 4.90 Å². The molecule has 1 rings (SSSR count). The number of nitrogens with zero attached hydrogens (tertiary/aromatic N) is 1. The molecule has 1 unspecified atom stereocenters. The number of alkyl halides is 5. The van der Waals surface area contributed by atoms with Crippen LogP contribution in [0.15, 0.2) is 0 Å². The van der Waals surface area contributed by atoms with Gasteiger partial charge in [0.1, 0.15) is 0 Å². The fraction of sp³-hybridized carbons (Fsp3) is 0.875. The van der Waals surface area contributed by atoms with Crippen molar-refractivity contribution in [1.82, 2.24) is 10.2 Å². The molecule has 1 aliphatic rings. The number of rotatable bonds is 1. The van der Waals surface area contributed by atoms with Gasteiger partial charge in [-0.1, -0.05) is 0 Å². The average molecular weight is 246 g/mol. The molecule has 1 atom stereocenters. The Morgan fingerprint density at radius 1 is 1.31 bits per heavy atom. The van der Waals surface area contributed by atoms with E-state index in [1.54, 1.807) is 0 Å². The molecule has 1 saturated heterocycles. The summed E-state index contributed by atoms with van der Waals surface area (Å²) >= 11 is 0. The van der Waals surface area contributed by atoms with Crippen molar-refractivity contribution in [3.63, 3.8) is 0 Å². The maximum Gasteiger partial charge on any atom is 0.463 e. The Morgan fingerprint density at radius 3 is 2.31 bits per heavy atom. The number of halogens is 5. The Balaban J connectivity index is 2.84. The average Bonchev–Trinajstić information content (AvgIpc) is 2.15. The minimum absolute atomic E-state index is 0.147. The van der Waals surface area contributed by atoms with E-state index < -0.39 is 24.0 Å². The summed E-state index contributed by atoms with van der Waals surface area (Å²) in [5.41, 5.74) is 0. The highest BCUT2D eigenvalue weighted by Crippen LogP contribution is 2.37. The molecule has 1 N–H and O–H groups in total. The minimum Gasteiger partial charge on any atom is -0.332 e. The number of nitrogens with one attached hydrogen (secondary N) is 1. The summed E-state index contributed by atoms with van der Waals surface area (Å²) in [6, 6.07) is -0.672. The first kappa shape index (κ1) is 13.1. The van der Waals surface area contributed by atoms with E-state index >= 15 is 0 Å². The van der Waals surface area contributed by atoms with Gasteiger partial charge < -0.3 is 10.2 Å². The van der Waals surface area contributed by atoms with Gasteiger partial charge in [-0.05, 0) is 6.92 Å². The summed E-state index contributed by atoms with van der Waals surface area (Å²) in [6.07, 6.45) is -5.84. The number of hydrogen-bond donors (Lipinski definition) is 1. The van der Waals surface area contributed by atoms with Crippen molar-refractivity contribution in [2.75, 3.05) is 19.6 Å². The van der Waals surface area contributed by atoms with Gasteiger partial charge in [-0.25, -0.2) is 0 Å². The van der Waals surface area contributed by atoms with Crippen LogP contribution in [0.25, 0.3) is 0 Å².